The van der Waals surface area contributed by atoms with E-state index in [0.29, 0.717) is 21.2 Å². The Morgan fingerprint density at radius 1 is 1.18 bits per heavy atom. The lowest BCUT2D eigenvalue weighted by molar-refractivity contribution is 0.0998. The summed E-state index contributed by atoms with van der Waals surface area (Å²) in [6.07, 6.45) is 0. The Morgan fingerprint density at radius 2 is 1.96 bits per heavy atom. The molecule has 4 rings (SSSR count). The third kappa shape index (κ3) is 3.37. The predicted octanol–water partition coefficient (Wildman–Crippen LogP) is 6.27. The van der Waals surface area contributed by atoms with Crippen molar-refractivity contribution >= 4 is 56.5 Å². The number of rotatable bonds is 3. The fourth-order valence-electron chi connectivity index (χ4n) is 2.76. The van der Waals surface area contributed by atoms with Crippen molar-refractivity contribution < 1.29 is 13.6 Å². The first kappa shape index (κ1) is 18.9. The zero-order valence-corrected chi connectivity index (χ0v) is 17.0. The maximum Gasteiger partial charge on any atom is 0.293 e. The van der Waals surface area contributed by atoms with Crippen LogP contribution in [0.4, 0.5) is 9.52 Å². The van der Waals surface area contributed by atoms with E-state index < -0.39 is 11.7 Å². The summed E-state index contributed by atoms with van der Waals surface area (Å²) in [5, 5.41) is 12.7. The number of hydrogen-bond acceptors (Lipinski definition) is 5. The van der Waals surface area contributed by atoms with Crippen molar-refractivity contribution in [2.24, 2.45) is 0 Å². The Hall–Kier alpha value is -2.48. The van der Waals surface area contributed by atoms with Crippen LogP contribution in [0.2, 0.25) is 10.0 Å². The van der Waals surface area contributed by atoms with E-state index in [9.17, 15) is 9.18 Å². The Kier molecular flexibility index (Phi) is 4.82. The molecule has 2 aromatic carbocycles. The summed E-state index contributed by atoms with van der Waals surface area (Å²) >= 11 is 13.0. The molecule has 0 saturated heterocycles. The summed E-state index contributed by atoms with van der Waals surface area (Å²) in [5.74, 6) is -0.824. The number of aryl methyl sites for hydroxylation is 2. The molecule has 0 aliphatic carbocycles. The Labute approximate surface area is 173 Å². The Morgan fingerprint density at radius 3 is 2.71 bits per heavy atom. The van der Waals surface area contributed by atoms with Gasteiger partial charge >= 0.3 is 0 Å². The monoisotopic (exact) mass is 435 g/mol. The minimum absolute atomic E-state index is 0.158. The molecule has 5 nitrogen and oxygen atoms in total. The maximum atomic E-state index is 14.1. The van der Waals surface area contributed by atoms with Crippen molar-refractivity contribution in [3.63, 3.8) is 0 Å². The van der Waals surface area contributed by atoms with Gasteiger partial charge in [0.1, 0.15) is 11.4 Å². The maximum absolute atomic E-state index is 14.1. The highest BCUT2D eigenvalue weighted by molar-refractivity contribution is 7.18. The van der Waals surface area contributed by atoms with Gasteiger partial charge in [0.25, 0.3) is 5.91 Å². The average Bonchev–Trinajstić information content (AvgIpc) is 3.21. The van der Waals surface area contributed by atoms with Crippen molar-refractivity contribution in [2.75, 3.05) is 5.32 Å². The quantitative estimate of drug-likeness (QED) is 0.411. The minimum atomic E-state index is -0.512. The lowest BCUT2D eigenvalue weighted by Gasteiger charge is -1.99. The summed E-state index contributed by atoms with van der Waals surface area (Å²) in [5.41, 5.74) is 2.36. The molecule has 9 heteroatoms. The van der Waals surface area contributed by atoms with Crippen LogP contribution in [0.25, 0.3) is 21.5 Å². The topological polar surface area (TPSA) is 68.0 Å². The van der Waals surface area contributed by atoms with Crippen molar-refractivity contribution in [3.05, 3.63) is 63.1 Å². The molecule has 0 bridgehead atoms. The van der Waals surface area contributed by atoms with Crippen LogP contribution in [0.15, 0.2) is 34.7 Å². The number of benzene rings is 2. The number of carbonyl (C=O) groups excluding carboxylic acids is 1. The fourth-order valence-corrected chi connectivity index (χ4v) is 3.85. The average molecular weight is 436 g/mol. The van der Waals surface area contributed by atoms with Gasteiger partial charge in [-0.2, -0.15) is 0 Å². The van der Waals surface area contributed by atoms with Crippen molar-refractivity contribution in [1.29, 1.82) is 0 Å². The van der Waals surface area contributed by atoms with Gasteiger partial charge in [0.2, 0.25) is 5.13 Å². The molecule has 1 amide bonds. The van der Waals surface area contributed by atoms with Crippen molar-refractivity contribution in [1.82, 2.24) is 10.2 Å². The van der Waals surface area contributed by atoms with Gasteiger partial charge < -0.3 is 4.42 Å². The molecular formula is C19H12Cl2FN3O2S. The van der Waals surface area contributed by atoms with Crippen LogP contribution in [0.5, 0.6) is 0 Å². The van der Waals surface area contributed by atoms with Crippen LogP contribution < -0.4 is 5.32 Å². The van der Waals surface area contributed by atoms with Gasteiger partial charge in [0, 0.05) is 26.6 Å². The van der Waals surface area contributed by atoms with Gasteiger partial charge in [-0.25, -0.2) is 4.39 Å². The lowest BCUT2D eigenvalue weighted by atomic mass is 10.1. The molecule has 0 fully saturated rings. The van der Waals surface area contributed by atoms with Gasteiger partial charge in [0.15, 0.2) is 10.8 Å². The molecule has 142 valence electrons. The van der Waals surface area contributed by atoms with Crippen LogP contribution in [0.3, 0.4) is 0 Å². The molecule has 4 aromatic rings. The number of fused-ring (bicyclic) bond motifs is 1. The van der Waals surface area contributed by atoms with E-state index in [0.717, 1.165) is 22.3 Å². The van der Waals surface area contributed by atoms with Crippen molar-refractivity contribution in [3.8, 4) is 10.6 Å². The molecule has 1 N–H and O–H groups in total. The molecule has 2 aromatic heterocycles. The summed E-state index contributed by atoms with van der Waals surface area (Å²) in [6, 6.07) is 7.83. The SMILES string of the molecule is Cc1cc2oc(C(=O)Nc3nnc(-c4ccc(Cl)cc4F)s3)c(C)c2cc1Cl. The smallest absolute Gasteiger partial charge is 0.293 e. The molecule has 0 unspecified atom stereocenters. The summed E-state index contributed by atoms with van der Waals surface area (Å²) in [6.45, 7) is 3.64. The van der Waals surface area contributed by atoms with Crippen LogP contribution in [0, 0.1) is 19.7 Å². The molecule has 0 spiro atoms. The zero-order valence-electron chi connectivity index (χ0n) is 14.6. The van der Waals surface area contributed by atoms with Crippen LogP contribution >= 0.6 is 34.5 Å². The van der Waals surface area contributed by atoms with Crippen LogP contribution in [-0.2, 0) is 0 Å². The number of furan rings is 1. The molecule has 0 atom stereocenters. The standard InChI is InChI=1S/C19H12Cl2FN3O2S/c1-8-5-15-12(7-13(8)21)9(2)16(27-15)17(26)23-19-25-24-18(28-19)11-4-3-10(20)6-14(11)22/h3-7H,1-2H3,(H,23,25,26). The van der Waals surface area contributed by atoms with E-state index in [1.54, 1.807) is 25.1 Å². The van der Waals surface area contributed by atoms with Gasteiger partial charge in [-0.3, -0.25) is 10.1 Å². The number of anilines is 1. The number of nitrogens with one attached hydrogen (secondary N) is 1. The second-order valence-corrected chi connectivity index (χ2v) is 7.97. The van der Waals surface area contributed by atoms with Crippen molar-refractivity contribution in [2.45, 2.75) is 13.8 Å². The second kappa shape index (κ2) is 7.16. The molecular weight excluding hydrogens is 424 g/mol. The van der Waals surface area contributed by atoms with Gasteiger partial charge in [-0.1, -0.05) is 34.5 Å². The number of amides is 1. The largest absolute Gasteiger partial charge is 0.451 e. The van der Waals surface area contributed by atoms with Gasteiger partial charge in [0.05, 0.1) is 0 Å². The Bertz CT molecular complexity index is 1240. The third-order valence-corrected chi connectivity index (χ3v) is 5.74. The first-order chi connectivity index (χ1) is 13.3. The first-order valence-electron chi connectivity index (χ1n) is 8.13. The summed E-state index contributed by atoms with van der Waals surface area (Å²) in [7, 11) is 0. The fraction of sp³-hybridized carbons (Fsp3) is 0.105. The highest BCUT2D eigenvalue weighted by Gasteiger charge is 2.20. The molecule has 2 heterocycles. The molecule has 28 heavy (non-hydrogen) atoms. The van der Waals surface area contributed by atoms with Gasteiger partial charge in [-0.15, -0.1) is 10.2 Å². The van der Waals surface area contributed by atoms with E-state index in [1.165, 1.54) is 12.1 Å². The lowest BCUT2D eigenvalue weighted by Crippen LogP contribution is -2.11. The highest BCUT2D eigenvalue weighted by Crippen LogP contribution is 2.32. The van der Waals surface area contributed by atoms with E-state index in [2.05, 4.69) is 15.5 Å². The number of aromatic nitrogens is 2. The normalized spacial score (nSPS) is 11.2. The van der Waals surface area contributed by atoms with Crippen LogP contribution in [0.1, 0.15) is 21.7 Å². The first-order valence-corrected chi connectivity index (χ1v) is 9.70. The van der Waals surface area contributed by atoms with E-state index >= 15 is 0 Å². The zero-order chi connectivity index (χ0) is 20.0. The number of nitrogens with zero attached hydrogens (tertiary/aromatic N) is 2. The molecule has 0 aliphatic heterocycles. The molecule has 0 aliphatic rings. The molecule has 0 radical (unpaired) electrons. The van der Waals surface area contributed by atoms with Gasteiger partial charge in [-0.05, 0) is 49.7 Å². The summed E-state index contributed by atoms with van der Waals surface area (Å²) in [4.78, 5) is 12.6. The number of halogens is 3. The highest BCUT2D eigenvalue weighted by atomic mass is 35.5. The minimum Gasteiger partial charge on any atom is -0.451 e. The number of carbonyl (C=O) groups is 1. The van der Waals surface area contributed by atoms with E-state index in [1.807, 2.05) is 6.92 Å². The van der Waals surface area contributed by atoms with E-state index in [-0.39, 0.29) is 21.5 Å². The summed E-state index contributed by atoms with van der Waals surface area (Å²) < 4.78 is 19.8. The van der Waals surface area contributed by atoms with E-state index in [4.69, 9.17) is 27.6 Å². The number of hydrogen-bond donors (Lipinski definition) is 1. The second-order valence-electron chi connectivity index (χ2n) is 6.14. The third-order valence-electron chi connectivity index (χ3n) is 4.23. The molecule has 0 saturated carbocycles. The Balaban J connectivity index is 1.62. The van der Waals surface area contributed by atoms with Crippen LogP contribution in [-0.4, -0.2) is 16.1 Å². The predicted molar refractivity (Wildman–Crippen MR) is 109 cm³/mol.